The van der Waals surface area contributed by atoms with Gasteiger partial charge in [-0.1, -0.05) is 45.0 Å². The molecule has 0 spiro atoms. The smallest absolute Gasteiger partial charge is 0.175 e. The molecule has 0 aliphatic heterocycles. The highest BCUT2D eigenvalue weighted by atomic mass is 32.1. The van der Waals surface area contributed by atoms with E-state index in [2.05, 4.69) is 43.5 Å². The highest BCUT2D eigenvalue weighted by Crippen LogP contribution is 2.23. The number of benzene rings is 2. The van der Waals surface area contributed by atoms with Crippen molar-refractivity contribution in [1.82, 2.24) is 0 Å². The highest BCUT2D eigenvalue weighted by Gasteiger charge is 2.13. The third-order valence-electron chi connectivity index (χ3n) is 3.13. The van der Waals surface area contributed by atoms with Crippen molar-refractivity contribution in [3.05, 3.63) is 59.9 Å². The van der Waals surface area contributed by atoms with Gasteiger partial charge in [-0.05, 0) is 47.5 Å². The Bertz CT molecular complexity index is 630. The number of para-hydroxylation sites is 1. The van der Waals surface area contributed by atoms with Crippen LogP contribution in [-0.2, 0) is 5.41 Å². The zero-order valence-electron chi connectivity index (χ0n) is 12.4. The summed E-state index contributed by atoms with van der Waals surface area (Å²) in [5.74, 6) is -0.329. The third-order valence-corrected chi connectivity index (χ3v) is 3.33. The van der Waals surface area contributed by atoms with Crippen LogP contribution in [0, 0.1) is 5.82 Å². The van der Waals surface area contributed by atoms with Gasteiger partial charge >= 0.3 is 0 Å². The van der Waals surface area contributed by atoms with Crippen LogP contribution < -0.4 is 10.6 Å². The molecule has 0 saturated heterocycles. The molecule has 2 aromatic rings. The molecule has 2 rings (SSSR count). The van der Waals surface area contributed by atoms with E-state index >= 15 is 0 Å². The average Bonchev–Trinajstić information content (AvgIpc) is 2.41. The lowest BCUT2D eigenvalue weighted by molar-refractivity contribution is 0.590. The molecule has 2 aromatic carbocycles. The number of hydrogen-bond donors (Lipinski definition) is 2. The van der Waals surface area contributed by atoms with Crippen LogP contribution in [0.3, 0.4) is 0 Å². The fourth-order valence-corrected chi connectivity index (χ4v) is 2.13. The van der Waals surface area contributed by atoms with Crippen LogP contribution in [0.15, 0.2) is 48.5 Å². The van der Waals surface area contributed by atoms with E-state index in [9.17, 15) is 4.39 Å². The molecule has 4 heteroatoms. The van der Waals surface area contributed by atoms with Crippen LogP contribution in [0.5, 0.6) is 0 Å². The van der Waals surface area contributed by atoms with Crippen LogP contribution >= 0.6 is 12.2 Å². The minimum Gasteiger partial charge on any atom is -0.332 e. The summed E-state index contributed by atoms with van der Waals surface area (Å²) in [6.45, 7) is 6.50. The maximum absolute atomic E-state index is 13.5. The van der Waals surface area contributed by atoms with Crippen molar-refractivity contribution in [2.75, 3.05) is 10.6 Å². The number of nitrogens with one attached hydrogen (secondary N) is 2. The maximum Gasteiger partial charge on any atom is 0.175 e. The fourth-order valence-electron chi connectivity index (χ4n) is 1.90. The van der Waals surface area contributed by atoms with E-state index in [0.717, 1.165) is 5.69 Å². The molecule has 21 heavy (non-hydrogen) atoms. The summed E-state index contributed by atoms with van der Waals surface area (Å²) in [5.41, 5.74) is 2.60. The quantitative estimate of drug-likeness (QED) is 0.769. The molecule has 0 amide bonds. The first-order chi connectivity index (χ1) is 9.86. The number of anilines is 2. The lowest BCUT2D eigenvalue weighted by Gasteiger charge is -2.19. The van der Waals surface area contributed by atoms with Gasteiger partial charge in [0.25, 0.3) is 0 Å². The Labute approximate surface area is 130 Å². The summed E-state index contributed by atoms with van der Waals surface area (Å²) < 4.78 is 13.5. The summed E-state index contributed by atoms with van der Waals surface area (Å²) in [6.07, 6.45) is 0. The van der Waals surface area contributed by atoms with Crippen molar-refractivity contribution in [2.45, 2.75) is 26.2 Å². The van der Waals surface area contributed by atoms with E-state index in [0.29, 0.717) is 10.8 Å². The van der Waals surface area contributed by atoms with Gasteiger partial charge in [0.1, 0.15) is 5.82 Å². The second-order valence-corrected chi connectivity index (χ2v) is 6.29. The minimum atomic E-state index is -0.329. The van der Waals surface area contributed by atoms with E-state index in [1.165, 1.54) is 11.6 Å². The van der Waals surface area contributed by atoms with Crippen molar-refractivity contribution in [3.63, 3.8) is 0 Å². The van der Waals surface area contributed by atoms with E-state index in [1.54, 1.807) is 18.2 Å². The van der Waals surface area contributed by atoms with E-state index in [-0.39, 0.29) is 11.2 Å². The molecule has 2 nitrogen and oxygen atoms in total. The number of hydrogen-bond acceptors (Lipinski definition) is 1. The zero-order chi connectivity index (χ0) is 15.5. The fraction of sp³-hybridized carbons (Fsp3) is 0.235. The molecule has 110 valence electrons. The summed E-state index contributed by atoms with van der Waals surface area (Å²) in [6, 6.07) is 14.5. The number of rotatable bonds is 2. The number of halogens is 1. The predicted molar refractivity (Wildman–Crippen MR) is 91.4 cm³/mol. The van der Waals surface area contributed by atoms with Gasteiger partial charge in [-0.15, -0.1) is 0 Å². The Kier molecular flexibility index (Phi) is 4.58. The second kappa shape index (κ2) is 6.22. The largest absolute Gasteiger partial charge is 0.332 e. The first-order valence-corrected chi connectivity index (χ1v) is 7.20. The molecular weight excluding hydrogens is 283 g/mol. The molecule has 0 radical (unpaired) electrons. The van der Waals surface area contributed by atoms with Gasteiger partial charge in [-0.2, -0.15) is 0 Å². The molecule has 0 unspecified atom stereocenters. The molecule has 0 aromatic heterocycles. The summed E-state index contributed by atoms with van der Waals surface area (Å²) in [7, 11) is 0. The third kappa shape index (κ3) is 4.26. The van der Waals surface area contributed by atoms with Gasteiger partial charge in [0.2, 0.25) is 0 Å². The molecule has 0 aliphatic carbocycles. The predicted octanol–water partition coefficient (Wildman–Crippen LogP) is 4.93. The van der Waals surface area contributed by atoms with Gasteiger partial charge in [-0.3, -0.25) is 0 Å². The first-order valence-electron chi connectivity index (χ1n) is 6.79. The Hall–Kier alpha value is -1.94. The SMILES string of the molecule is CC(C)(C)c1ccc(NC(=S)Nc2ccccc2F)cc1. The Balaban J connectivity index is 2.02. The molecule has 0 bridgehead atoms. The van der Waals surface area contributed by atoms with Crippen LogP contribution in [0.2, 0.25) is 0 Å². The van der Waals surface area contributed by atoms with E-state index in [4.69, 9.17) is 12.2 Å². The molecular formula is C17H19FN2S. The standard InChI is InChI=1S/C17H19FN2S/c1-17(2,3)12-8-10-13(11-9-12)19-16(21)20-15-7-5-4-6-14(15)18/h4-11H,1-3H3,(H2,19,20,21). The lowest BCUT2D eigenvalue weighted by atomic mass is 9.87. The maximum atomic E-state index is 13.5. The summed E-state index contributed by atoms with van der Waals surface area (Å²) in [5, 5.41) is 6.26. The van der Waals surface area contributed by atoms with Crippen molar-refractivity contribution in [3.8, 4) is 0 Å². The molecule has 0 aliphatic rings. The summed E-state index contributed by atoms with van der Waals surface area (Å²) >= 11 is 5.20. The molecule has 0 atom stereocenters. The Morgan fingerprint density at radius 2 is 1.57 bits per heavy atom. The lowest BCUT2D eigenvalue weighted by Crippen LogP contribution is -2.20. The van der Waals surface area contributed by atoms with Crippen LogP contribution in [0.4, 0.5) is 15.8 Å². The minimum absolute atomic E-state index is 0.116. The van der Waals surface area contributed by atoms with Gasteiger partial charge in [0.05, 0.1) is 5.69 Å². The average molecular weight is 302 g/mol. The van der Waals surface area contributed by atoms with Crippen LogP contribution in [0.1, 0.15) is 26.3 Å². The Morgan fingerprint density at radius 3 is 2.14 bits per heavy atom. The molecule has 0 saturated carbocycles. The van der Waals surface area contributed by atoms with E-state index in [1.807, 2.05) is 12.1 Å². The van der Waals surface area contributed by atoms with E-state index < -0.39 is 0 Å². The van der Waals surface area contributed by atoms with Gasteiger partial charge in [-0.25, -0.2) is 4.39 Å². The summed E-state index contributed by atoms with van der Waals surface area (Å²) in [4.78, 5) is 0. The number of thiocarbonyl (C=S) groups is 1. The molecule has 2 N–H and O–H groups in total. The second-order valence-electron chi connectivity index (χ2n) is 5.89. The molecule has 0 heterocycles. The first kappa shape index (κ1) is 15.4. The van der Waals surface area contributed by atoms with Crippen molar-refractivity contribution < 1.29 is 4.39 Å². The Morgan fingerprint density at radius 1 is 0.952 bits per heavy atom. The van der Waals surface area contributed by atoms with Crippen molar-refractivity contribution in [2.24, 2.45) is 0 Å². The van der Waals surface area contributed by atoms with Crippen LogP contribution in [0.25, 0.3) is 0 Å². The van der Waals surface area contributed by atoms with Crippen molar-refractivity contribution >= 4 is 28.7 Å². The zero-order valence-corrected chi connectivity index (χ0v) is 13.2. The van der Waals surface area contributed by atoms with Gasteiger partial charge in [0, 0.05) is 5.69 Å². The molecule has 0 fully saturated rings. The van der Waals surface area contributed by atoms with Crippen molar-refractivity contribution in [1.29, 1.82) is 0 Å². The topological polar surface area (TPSA) is 24.1 Å². The van der Waals surface area contributed by atoms with Gasteiger partial charge in [0.15, 0.2) is 5.11 Å². The highest BCUT2D eigenvalue weighted by molar-refractivity contribution is 7.80. The monoisotopic (exact) mass is 302 g/mol. The van der Waals surface area contributed by atoms with Gasteiger partial charge < -0.3 is 10.6 Å². The van der Waals surface area contributed by atoms with Crippen LogP contribution in [-0.4, -0.2) is 5.11 Å². The normalized spacial score (nSPS) is 11.0.